The molecule has 0 fully saturated rings. The molecule has 2 N–H and O–H groups in total. The van der Waals surface area contributed by atoms with Gasteiger partial charge in [-0.05, 0) is 36.3 Å². The van der Waals surface area contributed by atoms with Gasteiger partial charge < -0.3 is 10.4 Å². The van der Waals surface area contributed by atoms with Gasteiger partial charge in [0, 0.05) is 19.4 Å². The minimum atomic E-state index is -0.757. The number of carboxylic acid groups (broad SMARTS) is 1. The van der Waals surface area contributed by atoms with E-state index in [-0.39, 0.29) is 18.2 Å². The van der Waals surface area contributed by atoms with Crippen LogP contribution in [-0.2, 0) is 16.0 Å². The van der Waals surface area contributed by atoms with Crippen LogP contribution in [0.25, 0.3) is 0 Å². The fourth-order valence-electron chi connectivity index (χ4n) is 2.36. The Morgan fingerprint density at radius 3 is 2.41 bits per heavy atom. The summed E-state index contributed by atoms with van der Waals surface area (Å²) in [4.78, 5) is 22.3. The summed E-state index contributed by atoms with van der Waals surface area (Å²) in [7, 11) is 0. The first kappa shape index (κ1) is 18.2. The van der Waals surface area contributed by atoms with Crippen molar-refractivity contribution in [2.75, 3.05) is 6.54 Å². The zero-order valence-electron chi connectivity index (χ0n) is 13.6. The van der Waals surface area contributed by atoms with Crippen LogP contribution in [0.5, 0.6) is 0 Å². The molecule has 0 aromatic heterocycles. The highest BCUT2D eigenvalue weighted by Crippen LogP contribution is 2.19. The number of amides is 1. The highest BCUT2D eigenvalue weighted by molar-refractivity contribution is 5.76. The van der Waals surface area contributed by atoms with Crippen molar-refractivity contribution in [2.24, 2.45) is 0 Å². The van der Waals surface area contributed by atoms with Crippen molar-refractivity contribution in [1.82, 2.24) is 5.32 Å². The van der Waals surface area contributed by atoms with Gasteiger partial charge in [-0.15, -0.1) is 0 Å². The lowest BCUT2D eigenvalue weighted by molar-refractivity contribution is -0.137. The van der Waals surface area contributed by atoms with E-state index in [9.17, 15) is 9.59 Å². The number of unbranched alkanes of at least 4 members (excludes halogenated alkanes) is 2. The van der Waals surface area contributed by atoms with Crippen LogP contribution in [0.4, 0.5) is 0 Å². The molecule has 1 atom stereocenters. The van der Waals surface area contributed by atoms with Crippen LogP contribution in [0.3, 0.4) is 0 Å². The quantitative estimate of drug-likeness (QED) is 0.650. The zero-order chi connectivity index (χ0) is 16.4. The molecule has 1 rings (SSSR count). The van der Waals surface area contributed by atoms with Crippen LogP contribution in [0.15, 0.2) is 24.3 Å². The molecule has 122 valence electrons. The second kappa shape index (κ2) is 9.98. The third-order valence-corrected chi connectivity index (χ3v) is 3.84. The van der Waals surface area contributed by atoms with Gasteiger partial charge in [0.1, 0.15) is 0 Å². The van der Waals surface area contributed by atoms with Gasteiger partial charge in [-0.25, -0.2) is 0 Å². The molecule has 0 bridgehead atoms. The Kier molecular flexibility index (Phi) is 8.26. The molecule has 1 amide bonds. The predicted octanol–water partition coefficient (Wildman–Crippen LogP) is 3.50. The molecule has 1 aromatic rings. The average molecular weight is 305 g/mol. The van der Waals surface area contributed by atoms with Crippen LogP contribution >= 0.6 is 0 Å². The van der Waals surface area contributed by atoms with Crippen molar-refractivity contribution in [1.29, 1.82) is 0 Å². The van der Waals surface area contributed by atoms with Crippen molar-refractivity contribution in [3.05, 3.63) is 35.4 Å². The lowest BCUT2D eigenvalue weighted by Crippen LogP contribution is -2.25. The normalized spacial score (nSPS) is 11.9. The summed E-state index contributed by atoms with van der Waals surface area (Å²) >= 11 is 0. The van der Waals surface area contributed by atoms with Gasteiger partial charge >= 0.3 is 5.97 Å². The lowest BCUT2D eigenvalue weighted by atomic mass is 9.96. The Balaban J connectivity index is 2.21. The number of benzene rings is 1. The number of aryl methyl sites for hydroxylation is 1. The summed E-state index contributed by atoms with van der Waals surface area (Å²) in [6.07, 6.45) is 4.06. The van der Waals surface area contributed by atoms with E-state index in [2.05, 4.69) is 43.4 Å². The van der Waals surface area contributed by atoms with Gasteiger partial charge in [-0.3, -0.25) is 9.59 Å². The Morgan fingerprint density at radius 1 is 1.14 bits per heavy atom. The molecule has 1 unspecified atom stereocenters. The van der Waals surface area contributed by atoms with Crippen LogP contribution in [0.2, 0.25) is 0 Å². The Labute approximate surface area is 132 Å². The molecule has 0 saturated carbocycles. The number of carboxylic acids is 1. The van der Waals surface area contributed by atoms with Gasteiger partial charge in [-0.2, -0.15) is 0 Å². The lowest BCUT2D eigenvalue weighted by Gasteiger charge is -2.12. The first-order valence-electron chi connectivity index (χ1n) is 8.10. The van der Waals surface area contributed by atoms with Gasteiger partial charge in [0.2, 0.25) is 5.91 Å². The Morgan fingerprint density at radius 2 is 1.82 bits per heavy atom. The fourth-order valence-corrected chi connectivity index (χ4v) is 2.36. The number of carbonyl (C=O) groups is 2. The number of nitrogens with one attached hydrogen (secondary N) is 1. The van der Waals surface area contributed by atoms with E-state index in [1.807, 2.05) is 0 Å². The maximum absolute atomic E-state index is 11.9. The minimum Gasteiger partial charge on any atom is -0.481 e. The number of aliphatic carboxylic acids is 1. The highest BCUT2D eigenvalue weighted by Gasteiger charge is 2.10. The second-order valence-corrected chi connectivity index (χ2v) is 5.75. The molecule has 22 heavy (non-hydrogen) atoms. The third kappa shape index (κ3) is 7.25. The van der Waals surface area contributed by atoms with Crippen molar-refractivity contribution in [3.63, 3.8) is 0 Å². The smallest absolute Gasteiger partial charge is 0.303 e. The van der Waals surface area contributed by atoms with Crippen molar-refractivity contribution in [3.8, 4) is 0 Å². The maximum atomic E-state index is 11.9. The van der Waals surface area contributed by atoms with Crippen molar-refractivity contribution < 1.29 is 14.7 Å². The molecule has 4 nitrogen and oxygen atoms in total. The predicted molar refractivity (Wildman–Crippen MR) is 88.0 cm³/mol. The van der Waals surface area contributed by atoms with E-state index in [0.29, 0.717) is 19.4 Å². The van der Waals surface area contributed by atoms with E-state index < -0.39 is 5.97 Å². The SMILES string of the molecule is CCc1ccc(C(C)CC(=O)NCCCCCC(=O)O)cc1. The molecule has 0 saturated heterocycles. The van der Waals surface area contributed by atoms with Gasteiger partial charge in [-0.1, -0.05) is 44.5 Å². The van der Waals surface area contributed by atoms with Gasteiger partial charge in [0.15, 0.2) is 0 Å². The molecule has 4 heteroatoms. The summed E-state index contributed by atoms with van der Waals surface area (Å²) in [5, 5.41) is 11.4. The molecule has 0 heterocycles. The van der Waals surface area contributed by atoms with Gasteiger partial charge in [0.25, 0.3) is 0 Å². The molecule has 0 aliphatic carbocycles. The molecule has 0 radical (unpaired) electrons. The van der Waals surface area contributed by atoms with Crippen LogP contribution in [0.1, 0.15) is 63.0 Å². The molecular weight excluding hydrogens is 278 g/mol. The van der Waals surface area contributed by atoms with Crippen LogP contribution in [-0.4, -0.2) is 23.5 Å². The topological polar surface area (TPSA) is 66.4 Å². The van der Waals surface area contributed by atoms with Crippen LogP contribution < -0.4 is 5.32 Å². The third-order valence-electron chi connectivity index (χ3n) is 3.84. The largest absolute Gasteiger partial charge is 0.481 e. The first-order valence-corrected chi connectivity index (χ1v) is 8.10. The number of rotatable bonds is 10. The average Bonchev–Trinajstić information content (AvgIpc) is 2.50. The summed E-state index contributed by atoms with van der Waals surface area (Å²) in [6.45, 7) is 4.82. The van der Waals surface area contributed by atoms with Crippen LogP contribution in [0, 0.1) is 0 Å². The Hall–Kier alpha value is -1.84. The van der Waals surface area contributed by atoms with Crippen molar-refractivity contribution in [2.45, 2.75) is 58.3 Å². The second-order valence-electron chi connectivity index (χ2n) is 5.75. The zero-order valence-corrected chi connectivity index (χ0v) is 13.6. The molecular formula is C18H27NO3. The Bertz CT molecular complexity index is 468. The van der Waals surface area contributed by atoms with Gasteiger partial charge in [0.05, 0.1) is 0 Å². The summed E-state index contributed by atoms with van der Waals surface area (Å²) in [6, 6.07) is 8.43. The van der Waals surface area contributed by atoms with E-state index in [4.69, 9.17) is 5.11 Å². The molecule has 0 spiro atoms. The van der Waals surface area contributed by atoms with E-state index >= 15 is 0 Å². The van der Waals surface area contributed by atoms with Crippen molar-refractivity contribution >= 4 is 11.9 Å². The molecule has 0 aliphatic heterocycles. The summed E-state index contributed by atoms with van der Waals surface area (Å²) < 4.78 is 0. The monoisotopic (exact) mass is 305 g/mol. The fraction of sp³-hybridized carbons (Fsp3) is 0.556. The highest BCUT2D eigenvalue weighted by atomic mass is 16.4. The summed E-state index contributed by atoms with van der Waals surface area (Å²) in [5.41, 5.74) is 2.50. The minimum absolute atomic E-state index is 0.0605. The standard InChI is InChI=1S/C18H27NO3/c1-3-15-8-10-16(11-9-15)14(2)13-17(20)19-12-6-4-5-7-18(21)22/h8-11,14H,3-7,12-13H2,1-2H3,(H,19,20)(H,21,22). The number of carbonyl (C=O) groups excluding carboxylic acids is 1. The molecule has 0 aliphatic rings. The number of hydrogen-bond donors (Lipinski definition) is 2. The molecule has 1 aromatic carbocycles. The summed E-state index contributed by atoms with van der Waals surface area (Å²) in [5.74, 6) is -0.491. The maximum Gasteiger partial charge on any atom is 0.303 e. The van der Waals surface area contributed by atoms with E-state index in [1.165, 1.54) is 11.1 Å². The van der Waals surface area contributed by atoms with E-state index in [0.717, 1.165) is 19.3 Å². The number of hydrogen-bond acceptors (Lipinski definition) is 2. The first-order chi connectivity index (χ1) is 10.5. The van der Waals surface area contributed by atoms with E-state index in [1.54, 1.807) is 0 Å².